The lowest BCUT2D eigenvalue weighted by molar-refractivity contribution is 0.1000. The van der Waals surface area contributed by atoms with E-state index in [-0.39, 0.29) is 0 Å². The van der Waals surface area contributed by atoms with Crippen molar-refractivity contribution < 1.29 is 14.3 Å². The monoisotopic (exact) mass is 286 g/mol. The van der Waals surface area contributed by atoms with Crippen molar-refractivity contribution in [2.75, 3.05) is 13.2 Å². The molecule has 5 heteroatoms. The Labute approximate surface area is 123 Å². The molecule has 0 atom stereocenters. The summed E-state index contributed by atoms with van der Waals surface area (Å²) < 4.78 is 11.1. The van der Waals surface area contributed by atoms with Crippen LogP contribution in [-0.4, -0.2) is 19.1 Å². The summed E-state index contributed by atoms with van der Waals surface area (Å²) in [6, 6.07) is 14.3. The molecule has 0 radical (unpaired) electrons. The molecule has 0 aliphatic carbocycles. The van der Waals surface area contributed by atoms with Crippen molar-refractivity contribution in [1.29, 1.82) is 0 Å². The van der Waals surface area contributed by atoms with Crippen LogP contribution in [0, 0.1) is 0 Å². The molecular formula is C16H18N2O3. The second kappa shape index (κ2) is 7.31. The smallest absolute Gasteiger partial charge is 0.248 e. The highest BCUT2D eigenvalue weighted by molar-refractivity contribution is 5.92. The maximum absolute atomic E-state index is 10.9. The molecule has 0 saturated carbocycles. The zero-order chi connectivity index (χ0) is 15.1. The lowest BCUT2D eigenvalue weighted by Gasteiger charge is -2.09. The predicted molar refractivity (Wildman–Crippen MR) is 80.3 cm³/mol. The molecule has 0 fully saturated rings. The number of amides is 1. The minimum Gasteiger partial charge on any atom is -0.490 e. The largest absolute Gasteiger partial charge is 0.490 e. The number of primary amides is 1. The Balaban J connectivity index is 1.74. The molecule has 4 N–H and O–H groups in total. The van der Waals surface area contributed by atoms with E-state index in [1.54, 1.807) is 24.3 Å². The summed E-state index contributed by atoms with van der Waals surface area (Å²) in [5.74, 6) is 0.993. The number of rotatable bonds is 7. The number of nitrogens with two attached hydrogens (primary N) is 2. The van der Waals surface area contributed by atoms with Gasteiger partial charge >= 0.3 is 0 Å². The van der Waals surface area contributed by atoms with Gasteiger partial charge in [0.05, 0.1) is 0 Å². The Morgan fingerprint density at radius 3 is 1.76 bits per heavy atom. The average molecular weight is 286 g/mol. The molecule has 1 amide bonds. The van der Waals surface area contributed by atoms with Crippen molar-refractivity contribution in [3.63, 3.8) is 0 Å². The summed E-state index contributed by atoms with van der Waals surface area (Å²) >= 11 is 0. The van der Waals surface area contributed by atoms with Gasteiger partial charge in [0.1, 0.15) is 24.7 Å². The second-order valence-corrected chi connectivity index (χ2v) is 4.43. The molecule has 2 aromatic carbocycles. The fraction of sp³-hybridized carbons (Fsp3) is 0.188. The number of hydrogen-bond acceptors (Lipinski definition) is 4. The van der Waals surface area contributed by atoms with Crippen molar-refractivity contribution in [3.8, 4) is 11.5 Å². The quantitative estimate of drug-likeness (QED) is 0.758. The van der Waals surface area contributed by atoms with Crippen molar-refractivity contribution in [1.82, 2.24) is 0 Å². The van der Waals surface area contributed by atoms with E-state index in [4.69, 9.17) is 20.9 Å². The number of ether oxygens (including phenoxy) is 2. The summed E-state index contributed by atoms with van der Waals surface area (Å²) in [7, 11) is 0. The third-order valence-electron chi connectivity index (χ3n) is 2.92. The average Bonchev–Trinajstić information content (AvgIpc) is 2.52. The van der Waals surface area contributed by atoms with Crippen LogP contribution in [0.4, 0.5) is 0 Å². The standard InChI is InChI=1S/C16H18N2O3/c17-11-12-1-5-14(6-2-12)20-9-10-21-15-7-3-13(4-8-15)16(18)19/h1-8H,9-11,17H2,(H2,18,19). The Kier molecular flexibility index (Phi) is 5.17. The van der Waals surface area contributed by atoms with E-state index in [0.29, 0.717) is 31.1 Å². The van der Waals surface area contributed by atoms with E-state index >= 15 is 0 Å². The number of carbonyl (C=O) groups is 1. The van der Waals surface area contributed by atoms with Crippen LogP contribution in [0.2, 0.25) is 0 Å². The molecule has 0 bridgehead atoms. The van der Waals surface area contributed by atoms with Gasteiger partial charge in [-0.1, -0.05) is 12.1 Å². The fourth-order valence-corrected chi connectivity index (χ4v) is 1.76. The molecule has 0 aliphatic heterocycles. The van der Waals surface area contributed by atoms with Gasteiger partial charge in [-0.15, -0.1) is 0 Å². The second-order valence-electron chi connectivity index (χ2n) is 4.43. The summed E-state index contributed by atoms with van der Waals surface area (Å²) in [6.45, 7) is 1.36. The third-order valence-corrected chi connectivity index (χ3v) is 2.92. The van der Waals surface area contributed by atoms with Gasteiger partial charge in [-0.2, -0.15) is 0 Å². The third kappa shape index (κ3) is 4.50. The van der Waals surface area contributed by atoms with Crippen molar-refractivity contribution in [3.05, 3.63) is 59.7 Å². The molecule has 0 spiro atoms. The molecule has 5 nitrogen and oxygen atoms in total. The van der Waals surface area contributed by atoms with E-state index in [2.05, 4.69) is 0 Å². The lowest BCUT2D eigenvalue weighted by atomic mass is 10.2. The molecule has 0 unspecified atom stereocenters. The first-order valence-electron chi connectivity index (χ1n) is 6.63. The SMILES string of the molecule is NCc1ccc(OCCOc2ccc(C(N)=O)cc2)cc1. The van der Waals surface area contributed by atoms with Gasteiger partial charge < -0.3 is 20.9 Å². The van der Waals surface area contributed by atoms with Gasteiger partial charge in [-0.3, -0.25) is 4.79 Å². The zero-order valence-electron chi connectivity index (χ0n) is 11.6. The first-order chi connectivity index (χ1) is 10.2. The number of carbonyl (C=O) groups excluding carboxylic acids is 1. The first kappa shape index (κ1) is 14.9. The Morgan fingerprint density at radius 2 is 1.33 bits per heavy atom. The number of hydrogen-bond donors (Lipinski definition) is 2. The molecular weight excluding hydrogens is 268 g/mol. The van der Waals surface area contributed by atoms with Gasteiger partial charge in [0.25, 0.3) is 0 Å². The molecule has 2 aromatic rings. The molecule has 110 valence electrons. The molecule has 21 heavy (non-hydrogen) atoms. The Morgan fingerprint density at radius 1 is 0.857 bits per heavy atom. The van der Waals surface area contributed by atoms with Crippen LogP contribution in [0.5, 0.6) is 11.5 Å². The van der Waals surface area contributed by atoms with Crippen LogP contribution < -0.4 is 20.9 Å². The van der Waals surface area contributed by atoms with Crippen molar-refractivity contribution in [2.24, 2.45) is 11.5 Å². The highest BCUT2D eigenvalue weighted by Crippen LogP contribution is 2.13. The number of benzene rings is 2. The minimum atomic E-state index is -0.453. The molecule has 2 rings (SSSR count). The predicted octanol–water partition coefficient (Wildman–Crippen LogP) is 1.70. The highest BCUT2D eigenvalue weighted by Gasteiger charge is 2.00. The van der Waals surface area contributed by atoms with E-state index in [0.717, 1.165) is 11.3 Å². The van der Waals surface area contributed by atoms with E-state index in [1.807, 2.05) is 24.3 Å². The van der Waals surface area contributed by atoms with E-state index < -0.39 is 5.91 Å². The fourth-order valence-electron chi connectivity index (χ4n) is 1.76. The zero-order valence-corrected chi connectivity index (χ0v) is 11.6. The minimum absolute atomic E-state index is 0.411. The molecule has 0 saturated heterocycles. The van der Waals surface area contributed by atoms with Gasteiger partial charge in [-0.25, -0.2) is 0 Å². The van der Waals surface area contributed by atoms with Gasteiger partial charge in [0.2, 0.25) is 5.91 Å². The van der Waals surface area contributed by atoms with Crippen LogP contribution >= 0.6 is 0 Å². The highest BCUT2D eigenvalue weighted by atomic mass is 16.5. The molecule has 0 aliphatic rings. The molecule has 0 aromatic heterocycles. The summed E-state index contributed by atoms with van der Waals surface area (Å²) in [5, 5.41) is 0. The Bertz CT molecular complexity index is 579. The van der Waals surface area contributed by atoms with E-state index in [9.17, 15) is 4.79 Å². The first-order valence-corrected chi connectivity index (χ1v) is 6.63. The lowest BCUT2D eigenvalue weighted by Crippen LogP contribution is -2.11. The van der Waals surface area contributed by atoms with Crippen LogP contribution in [0.25, 0.3) is 0 Å². The van der Waals surface area contributed by atoms with E-state index in [1.165, 1.54) is 0 Å². The summed E-state index contributed by atoms with van der Waals surface area (Å²) in [4.78, 5) is 10.9. The summed E-state index contributed by atoms with van der Waals surface area (Å²) in [6.07, 6.45) is 0. The van der Waals surface area contributed by atoms with Gasteiger partial charge in [0.15, 0.2) is 0 Å². The van der Waals surface area contributed by atoms with Gasteiger partial charge in [0, 0.05) is 12.1 Å². The van der Waals surface area contributed by atoms with Crippen LogP contribution in [-0.2, 0) is 6.54 Å². The van der Waals surface area contributed by atoms with Crippen molar-refractivity contribution in [2.45, 2.75) is 6.54 Å². The molecule has 0 heterocycles. The maximum Gasteiger partial charge on any atom is 0.248 e. The van der Waals surface area contributed by atoms with Crippen molar-refractivity contribution >= 4 is 5.91 Å². The van der Waals surface area contributed by atoms with Gasteiger partial charge in [-0.05, 0) is 42.0 Å². The topological polar surface area (TPSA) is 87.6 Å². The summed E-state index contributed by atoms with van der Waals surface area (Å²) in [5.41, 5.74) is 12.2. The maximum atomic E-state index is 10.9. The van der Waals surface area contributed by atoms with Crippen LogP contribution in [0.15, 0.2) is 48.5 Å². The van der Waals surface area contributed by atoms with Crippen LogP contribution in [0.3, 0.4) is 0 Å². The van der Waals surface area contributed by atoms with Crippen LogP contribution in [0.1, 0.15) is 15.9 Å². The normalized spacial score (nSPS) is 10.1. The Hall–Kier alpha value is -2.53.